The molecule has 106 valence electrons. The van der Waals surface area contributed by atoms with E-state index in [1.165, 1.54) is 0 Å². The first-order valence-corrected chi connectivity index (χ1v) is 6.32. The standard InChI is InChI=1S/C14H18N4O2/c1-4-12-10(8-18(2)17-12)14(19)16-13-6-5-9(20-3)7-11(13)15/h5-8H,4,15H2,1-3H3,(H,16,19). The van der Waals surface area contributed by atoms with Gasteiger partial charge in [-0.2, -0.15) is 5.10 Å². The quantitative estimate of drug-likeness (QED) is 0.833. The van der Waals surface area contributed by atoms with E-state index in [0.717, 1.165) is 5.69 Å². The molecule has 0 atom stereocenters. The molecule has 1 amide bonds. The Morgan fingerprint density at radius 2 is 2.25 bits per heavy atom. The molecular weight excluding hydrogens is 256 g/mol. The average Bonchev–Trinajstić information content (AvgIpc) is 2.82. The number of anilines is 2. The largest absolute Gasteiger partial charge is 0.497 e. The number of rotatable bonds is 4. The number of hydrogen-bond donors (Lipinski definition) is 2. The third-order valence-corrected chi connectivity index (χ3v) is 2.99. The number of nitrogens with zero attached hydrogens (tertiary/aromatic N) is 2. The molecule has 1 aromatic carbocycles. The number of nitrogens with two attached hydrogens (primary N) is 1. The van der Waals surface area contributed by atoms with Crippen molar-refractivity contribution < 1.29 is 9.53 Å². The van der Waals surface area contributed by atoms with E-state index in [1.54, 1.807) is 43.2 Å². The van der Waals surface area contributed by atoms with Gasteiger partial charge in [0, 0.05) is 19.3 Å². The van der Waals surface area contributed by atoms with Crippen molar-refractivity contribution in [1.29, 1.82) is 0 Å². The summed E-state index contributed by atoms with van der Waals surface area (Å²) in [6, 6.07) is 5.13. The topological polar surface area (TPSA) is 82.2 Å². The van der Waals surface area contributed by atoms with Crippen molar-refractivity contribution in [2.75, 3.05) is 18.2 Å². The predicted molar refractivity (Wildman–Crippen MR) is 77.9 cm³/mol. The van der Waals surface area contributed by atoms with Crippen LogP contribution in [0.2, 0.25) is 0 Å². The number of aromatic nitrogens is 2. The number of carbonyl (C=O) groups excluding carboxylic acids is 1. The number of amides is 1. The second-order valence-corrected chi connectivity index (χ2v) is 4.42. The maximum absolute atomic E-state index is 12.3. The number of benzene rings is 1. The van der Waals surface area contributed by atoms with Crippen molar-refractivity contribution in [1.82, 2.24) is 9.78 Å². The van der Waals surface area contributed by atoms with Crippen LogP contribution in [-0.2, 0) is 13.5 Å². The van der Waals surface area contributed by atoms with Gasteiger partial charge >= 0.3 is 0 Å². The zero-order chi connectivity index (χ0) is 14.7. The lowest BCUT2D eigenvalue weighted by atomic mass is 10.2. The fraction of sp³-hybridized carbons (Fsp3) is 0.286. The van der Waals surface area contributed by atoms with Gasteiger partial charge in [0.1, 0.15) is 5.75 Å². The molecule has 0 spiro atoms. The number of nitrogens with one attached hydrogen (secondary N) is 1. The van der Waals surface area contributed by atoms with Crippen molar-refractivity contribution in [2.24, 2.45) is 7.05 Å². The molecule has 2 rings (SSSR count). The highest BCUT2D eigenvalue weighted by molar-refractivity contribution is 6.06. The summed E-state index contributed by atoms with van der Waals surface area (Å²) in [7, 11) is 3.36. The van der Waals surface area contributed by atoms with E-state index in [9.17, 15) is 4.79 Å². The third kappa shape index (κ3) is 2.74. The minimum absolute atomic E-state index is 0.216. The van der Waals surface area contributed by atoms with Crippen molar-refractivity contribution >= 4 is 17.3 Å². The smallest absolute Gasteiger partial charge is 0.259 e. The highest BCUT2D eigenvalue weighted by Crippen LogP contribution is 2.24. The average molecular weight is 274 g/mol. The molecule has 3 N–H and O–H groups in total. The summed E-state index contributed by atoms with van der Waals surface area (Å²) in [5, 5.41) is 7.04. The number of ether oxygens (including phenoxy) is 1. The molecule has 20 heavy (non-hydrogen) atoms. The van der Waals surface area contributed by atoms with Gasteiger partial charge in [0.15, 0.2) is 0 Å². The van der Waals surface area contributed by atoms with Crippen LogP contribution in [0.3, 0.4) is 0 Å². The lowest BCUT2D eigenvalue weighted by molar-refractivity contribution is 0.102. The Bertz CT molecular complexity index is 634. The van der Waals surface area contributed by atoms with E-state index in [2.05, 4.69) is 10.4 Å². The summed E-state index contributed by atoms with van der Waals surface area (Å²) >= 11 is 0. The summed E-state index contributed by atoms with van der Waals surface area (Å²) in [4.78, 5) is 12.3. The summed E-state index contributed by atoms with van der Waals surface area (Å²) in [6.07, 6.45) is 2.40. The Kier molecular flexibility index (Phi) is 3.93. The highest BCUT2D eigenvalue weighted by Gasteiger charge is 2.15. The zero-order valence-corrected chi connectivity index (χ0v) is 11.8. The molecule has 0 saturated heterocycles. The molecule has 6 nitrogen and oxygen atoms in total. The van der Waals surface area contributed by atoms with Crippen LogP contribution < -0.4 is 15.8 Å². The lowest BCUT2D eigenvalue weighted by Crippen LogP contribution is -2.14. The van der Waals surface area contributed by atoms with E-state index >= 15 is 0 Å². The number of aryl methyl sites for hydroxylation is 2. The molecule has 2 aromatic rings. The molecule has 0 saturated carbocycles. The number of nitrogen functional groups attached to an aromatic ring is 1. The van der Waals surface area contributed by atoms with E-state index < -0.39 is 0 Å². The highest BCUT2D eigenvalue weighted by atomic mass is 16.5. The van der Waals surface area contributed by atoms with Crippen molar-refractivity contribution in [3.63, 3.8) is 0 Å². The molecule has 6 heteroatoms. The van der Waals surface area contributed by atoms with Gasteiger partial charge in [0.05, 0.1) is 29.7 Å². The number of methoxy groups -OCH3 is 1. The van der Waals surface area contributed by atoms with E-state index in [0.29, 0.717) is 29.1 Å². The van der Waals surface area contributed by atoms with E-state index in [4.69, 9.17) is 10.5 Å². The molecule has 0 unspecified atom stereocenters. The first-order chi connectivity index (χ1) is 9.55. The summed E-state index contributed by atoms with van der Waals surface area (Å²) in [6.45, 7) is 1.96. The van der Waals surface area contributed by atoms with Gasteiger partial charge < -0.3 is 15.8 Å². The van der Waals surface area contributed by atoms with Crippen LogP contribution in [0.1, 0.15) is 23.0 Å². The first-order valence-electron chi connectivity index (χ1n) is 6.32. The fourth-order valence-corrected chi connectivity index (χ4v) is 1.96. The van der Waals surface area contributed by atoms with Crippen molar-refractivity contribution in [3.05, 3.63) is 35.7 Å². The SMILES string of the molecule is CCc1nn(C)cc1C(=O)Nc1ccc(OC)cc1N. The second-order valence-electron chi connectivity index (χ2n) is 4.42. The Hall–Kier alpha value is -2.50. The molecular formula is C14H18N4O2. The number of hydrogen-bond acceptors (Lipinski definition) is 4. The molecule has 0 aliphatic carbocycles. The molecule has 1 aromatic heterocycles. The van der Waals surface area contributed by atoms with E-state index in [-0.39, 0.29) is 5.91 Å². The number of carbonyl (C=O) groups is 1. The molecule has 0 fully saturated rings. The maximum Gasteiger partial charge on any atom is 0.259 e. The Balaban J connectivity index is 2.23. The van der Waals surface area contributed by atoms with Crippen LogP contribution in [0.5, 0.6) is 5.75 Å². The summed E-state index contributed by atoms with van der Waals surface area (Å²) in [5.74, 6) is 0.433. The van der Waals surface area contributed by atoms with Gasteiger partial charge in [-0.15, -0.1) is 0 Å². The molecule has 0 bridgehead atoms. The minimum atomic E-state index is -0.216. The van der Waals surface area contributed by atoms with Gasteiger partial charge in [-0.05, 0) is 18.6 Å². The van der Waals surface area contributed by atoms with Crippen LogP contribution in [0.15, 0.2) is 24.4 Å². The van der Waals surface area contributed by atoms with Gasteiger partial charge in [-0.1, -0.05) is 6.92 Å². The third-order valence-electron chi connectivity index (χ3n) is 2.99. The van der Waals surface area contributed by atoms with Crippen LogP contribution in [0.25, 0.3) is 0 Å². The Morgan fingerprint density at radius 1 is 1.50 bits per heavy atom. The van der Waals surface area contributed by atoms with Crippen molar-refractivity contribution in [3.8, 4) is 5.75 Å². The van der Waals surface area contributed by atoms with Gasteiger partial charge in [-0.25, -0.2) is 0 Å². The first kappa shape index (κ1) is 13.9. The van der Waals surface area contributed by atoms with Crippen LogP contribution in [0.4, 0.5) is 11.4 Å². The Labute approximate surface area is 117 Å². The molecule has 0 aliphatic heterocycles. The monoisotopic (exact) mass is 274 g/mol. The summed E-state index contributed by atoms with van der Waals surface area (Å²) < 4.78 is 6.70. The van der Waals surface area contributed by atoms with Crippen molar-refractivity contribution in [2.45, 2.75) is 13.3 Å². The fourth-order valence-electron chi connectivity index (χ4n) is 1.96. The Morgan fingerprint density at radius 3 is 2.85 bits per heavy atom. The zero-order valence-electron chi connectivity index (χ0n) is 11.8. The predicted octanol–water partition coefficient (Wildman–Crippen LogP) is 1.83. The van der Waals surface area contributed by atoms with Crippen LogP contribution in [0, 0.1) is 0 Å². The molecule has 0 radical (unpaired) electrons. The van der Waals surface area contributed by atoms with Gasteiger partial charge in [0.2, 0.25) is 0 Å². The minimum Gasteiger partial charge on any atom is -0.497 e. The van der Waals surface area contributed by atoms with Crippen LogP contribution in [-0.4, -0.2) is 22.8 Å². The lowest BCUT2D eigenvalue weighted by Gasteiger charge is -2.09. The maximum atomic E-state index is 12.3. The van der Waals surface area contributed by atoms with E-state index in [1.807, 2.05) is 6.92 Å². The normalized spacial score (nSPS) is 10.3. The second kappa shape index (κ2) is 5.64. The molecule has 1 heterocycles. The molecule has 0 aliphatic rings. The van der Waals surface area contributed by atoms with Crippen LogP contribution >= 0.6 is 0 Å². The summed E-state index contributed by atoms with van der Waals surface area (Å²) in [5.41, 5.74) is 8.22. The van der Waals surface area contributed by atoms with Gasteiger partial charge in [-0.3, -0.25) is 9.48 Å². The van der Waals surface area contributed by atoms with Gasteiger partial charge in [0.25, 0.3) is 5.91 Å².